The van der Waals surface area contributed by atoms with Crippen LogP contribution in [0.5, 0.6) is 0 Å². The van der Waals surface area contributed by atoms with E-state index in [1.165, 1.54) is 62.3 Å². The Kier molecular flexibility index (Phi) is 9.55. The lowest BCUT2D eigenvalue weighted by molar-refractivity contribution is -0.139. The highest BCUT2D eigenvalue weighted by Crippen LogP contribution is 2.46. The molecule has 0 amide bonds. The van der Waals surface area contributed by atoms with E-state index < -0.39 is 0 Å². The Labute approximate surface area is 196 Å². The van der Waals surface area contributed by atoms with E-state index in [4.69, 9.17) is 4.74 Å². The number of unbranched alkanes of at least 4 members (excludes halogenated alkanes) is 3. The van der Waals surface area contributed by atoms with Gasteiger partial charge in [0.15, 0.2) is 0 Å². The van der Waals surface area contributed by atoms with Crippen LogP contribution in [0.2, 0.25) is 0 Å². The van der Waals surface area contributed by atoms with Gasteiger partial charge in [0, 0.05) is 0 Å². The number of allylic oxidation sites excluding steroid dienone is 4. The fourth-order valence-corrected chi connectivity index (χ4v) is 4.55. The number of rotatable bonds is 10. The van der Waals surface area contributed by atoms with E-state index in [-0.39, 0.29) is 16.8 Å². The van der Waals surface area contributed by atoms with E-state index in [1.807, 2.05) is 19.1 Å². The Morgan fingerprint density at radius 1 is 1.00 bits per heavy atom. The van der Waals surface area contributed by atoms with Gasteiger partial charge >= 0.3 is 5.97 Å². The fourth-order valence-electron chi connectivity index (χ4n) is 4.55. The van der Waals surface area contributed by atoms with E-state index in [1.54, 1.807) is 5.56 Å². The zero-order valence-corrected chi connectivity index (χ0v) is 21.5. The maximum atomic E-state index is 11.3. The molecule has 2 nitrogen and oxygen atoms in total. The Morgan fingerprint density at radius 2 is 1.66 bits per heavy atom. The summed E-state index contributed by atoms with van der Waals surface area (Å²) in [7, 11) is 1.42. The van der Waals surface area contributed by atoms with Crippen LogP contribution in [0.15, 0.2) is 42.0 Å². The topological polar surface area (TPSA) is 26.3 Å². The van der Waals surface area contributed by atoms with Crippen LogP contribution in [0.1, 0.15) is 109 Å². The first-order valence-corrected chi connectivity index (χ1v) is 12.4. The van der Waals surface area contributed by atoms with Crippen LogP contribution < -0.4 is 0 Å². The zero-order valence-electron chi connectivity index (χ0n) is 21.5. The summed E-state index contributed by atoms with van der Waals surface area (Å²) >= 11 is 0. The van der Waals surface area contributed by atoms with E-state index in [2.05, 4.69) is 65.0 Å². The molecule has 1 aliphatic rings. The molecule has 1 aromatic rings. The minimum Gasteiger partial charge on any atom is -0.469 e. The van der Waals surface area contributed by atoms with Crippen LogP contribution in [-0.4, -0.2) is 13.1 Å². The second-order valence-corrected chi connectivity index (χ2v) is 10.6. The van der Waals surface area contributed by atoms with Gasteiger partial charge in [-0.05, 0) is 65.7 Å². The number of methoxy groups -OCH3 is 1. The zero-order chi connectivity index (χ0) is 23.8. The maximum absolute atomic E-state index is 11.3. The van der Waals surface area contributed by atoms with E-state index in [9.17, 15) is 4.79 Å². The fraction of sp³-hybridized carbons (Fsp3) is 0.567. The molecule has 0 aliphatic heterocycles. The lowest BCUT2D eigenvalue weighted by Gasteiger charge is -2.42. The summed E-state index contributed by atoms with van der Waals surface area (Å²) < 4.78 is 4.70. The van der Waals surface area contributed by atoms with Gasteiger partial charge in [-0.15, -0.1) is 0 Å². The molecule has 176 valence electrons. The number of fused-ring (bicyclic) bond motifs is 1. The molecule has 0 bridgehead atoms. The minimum atomic E-state index is -0.208. The molecule has 0 heterocycles. The molecule has 32 heavy (non-hydrogen) atoms. The van der Waals surface area contributed by atoms with Crippen LogP contribution >= 0.6 is 0 Å². The molecule has 0 spiro atoms. The average molecular weight is 437 g/mol. The van der Waals surface area contributed by atoms with Crippen molar-refractivity contribution in [2.45, 2.75) is 104 Å². The monoisotopic (exact) mass is 436 g/mol. The number of carbonyl (C=O) groups excluding carboxylic acids is 1. The second kappa shape index (κ2) is 11.7. The Bertz CT molecular complexity index is 865. The van der Waals surface area contributed by atoms with Crippen molar-refractivity contribution in [2.75, 3.05) is 7.11 Å². The molecule has 0 saturated carbocycles. The molecule has 0 aromatic heterocycles. The maximum Gasteiger partial charge on any atom is 0.309 e. The third-order valence-corrected chi connectivity index (χ3v) is 6.98. The van der Waals surface area contributed by atoms with E-state index >= 15 is 0 Å². The van der Waals surface area contributed by atoms with Gasteiger partial charge in [0.1, 0.15) is 0 Å². The number of hydrogen-bond acceptors (Lipinski definition) is 2. The first-order chi connectivity index (χ1) is 15.1. The molecule has 1 aliphatic carbocycles. The summed E-state index contributed by atoms with van der Waals surface area (Å²) in [5.41, 5.74) is 7.43. The molecule has 0 saturated heterocycles. The van der Waals surface area contributed by atoms with Gasteiger partial charge in [0.05, 0.1) is 13.5 Å². The molecule has 0 unspecified atom stereocenters. The van der Waals surface area contributed by atoms with Crippen molar-refractivity contribution in [3.05, 3.63) is 64.3 Å². The summed E-state index contributed by atoms with van der Waals surface area (Å²) in [6.45, 7) is 13.9. The molecule has 0 radical (unpaired) electrons. The molecule has 0 fully saturated rings. The van der Waals surface area contributed by atoms with Gasteiger partial charge in [-0.25, -0.2) is 0 Å². The summed E-state index contributed by atoms with van der Waals surface area (Å²) in [5, 5.41) is 0. The Balaban J connectivity index is 2.31. The summed E-state index contributed by atoms with van der Waals surface area (Å²) in [5.74, 6) is -0.208. The second-order valence-electron chi connectivity index (χ2n) is 10.6. The van der Waals surface area contributed by atoms with E-state index in [0.717, 1.165) is 12.0 Å². The van der Waals surface area contributed by atoms with Crippen molar-refractivity contribution in [2.24, 2.45) is 0 Å². The predicted octanol–water partition coefficient (Wildman–Crippen LogP) is 8.24. The summed E-state index contributed by atoms with van der Waals surface area (Å²) in [6.07, 6.45) is 19.5. The minimum absolute atomic E-state index is 0.208. The largest absolute Gasteiger partial charge is 0.469 e. The van der Waals surface area contributed by atoms with Crippen molar-refractivity contribution in [3.63, 3.8) is 0 Å². The molecule has 2 heteroatoms. The van der Waals surface area contributed by atoms with Gasteiger partial charge in [-0.3, -0.25) is 4.79 Å². The number of benzene rings is 1. The summed E-state index contributed by atoms with van der Waals surface area (Å²) in [4.78, 5) is 11.3. The van der Waals surface area contributed by atoms with Gasteiger partial charge in [0.25, 0.3) is 0 Å². The van der Waals surface area contributed by atoms with Crippen molar-refractivity contribution < 1.29 is 9.53 Å². The lowest BCUT2D eigenvalue weighted by Crippen LogP contribution is -2.34. The molecular formula is C30H44O2. The molecule has 0 N–H and O–H groups in total. The van der Waals surface area contributed by atoms with Crippen LogP contribution in [0, 0.1) is 0 Å². The first-order valence-electron chi connectivity index (χ1n) is 12.4. The molecule has 2 rings (SSSR count). The van der Waals surface area contributed by atoms with Crippen LogP contribution in [0.25, 0.3) is 6.08 Å². The highest BCUT2D eigenvalue weighted by molar-refractivity contribution is 5.71. The normalized spacial score (nSPS) is 17.7. The average Bonchev–Trinajstić information content (AvgIpc) is 2.76. The Morgan fingerprint density at radius 3 is 2.28 bits per heavy atom. The van der Waals surface area contributed by atoms with Gasteiger partial charge < -0.3 is 4.74 Å². The SMILES string of the molecule is CCCCCCc1cc2c(cc1C=CC=CC(C)=CCC(=O)OC)C(C)(C)CCC2(C)C. The number of esters is 1. The summed E-state index contributed by atoms with van der Waals surface area (Å²) in [6, 6.07) is 4.99. The predicted molar refractivity (Wildman–Crippen MR) is 138 cm³/mol. The van der Waals surface area contributed by atoms with Crippen LogP contribution in [0.3, 0.4) is 0 Å². The smallest absolute Gasteiger partial charge is 0.309 e. The molecule has 1 aromatic carbocycles. The van der Waals surface area contributed by atoms with Gasteiger partial charge in [-0.2, -0.15) is 0 Å². The van der Waals surface area contributed by atoms with Crippen molar-refractivity contribution >= 4 is 12.0 Å². The van der Waals surface area contributed by atoms with Gasteiger partial charge in [0.2, 0.25) is 0 Å². The number of aryl methyl sites for hydroxylation is 1. The van der Waals surface area contributed by atoms with Crippen LogP contribution in [0.4, 0.5) is 0 Å². The third kappa shape index (κ3) is 7.22. The van der Waals surface area contributed by atoms with Gasteiger partial charge in [-0.1, -0.05) is 102 Å². The van der Waals surface area contributed by atoms with Crippen molar-refractivity contribution in [3.8, 4) is 0 Å². The Hall–Kier alpha value is -2.09. The molecule has 0 atom stereocenters. The molecular weight excluding hydrogens is 392 g/mol. The first kappa shape index (κ1) is 26.2. The highest BCUT2D eigenvalue weighted by Gasteiger charge is 2.37. The number of carbonyl (C=O) groups is 1. The lowest BCUT2D eigenvalue weighted by atomic mass is 9.62. The third-order valence-electron chi connectivity index (χ3n) is 6.98. The number of hydrogen-bond donors (Lipinski definition) is 0. The van der Waals surface area contributed by atoms with Crippen molar-refractivity contribution in [1.29, 1.82) is 0 Å². The highest BCUT2D eigenvalue weighted by atomic mass is 16.5. The quantitative estimate of drug-likeness (QED) is 0.210. The number of ether oxygens (including phenoxy) is 1. The van der Waals surface area contributed by atoms with Crippen LogP contribution in [-0.2, 0) is 26.8 Å². The van der Waals surface area contributed by atoms with Crippen molar-refractivity contribution in [1.82, 2.24) is 0 Å². The standard InChI is InChI=1S/C30H44O2/c1-8-9-10-11-15-24-21-26-27(30(5,6)20-19-29(26,3)4)22-25(24)16-13-12-14-23(2)17-18-28(31)32-7/h12-14,16-17,21-22H,8-11,15,18-20H2,1-7H3. The van der Waals surface area contributed by atoms with E-state index in [0.29, 0.717) is 6.42 Å².